The Labute approximate surface area is 102 Å². The van der Waals surface area contributed by atoms with Gasteiger partial charge in [0, 0.05) is 11.3 Å². The quantitative estimate of drug-likeness (QED) is 0.815. The van der Waals surface area contributed by atoms with E-state index in [9.17, 15) is 0 Å². The predicted octanol–water partition coefficient (Wildman–Crippen LogP) is 3.46. The van der Waals surface area contributed by atoms with Crippen LogP contribution in [0.4, 0.5) is 5.69 Å². The fourth-order valence-corrected chi connectivity index (χ4v) is 1.71. The molecule has 0 atom stereocenters. The minimum Gasteiger partial charge on any atom is -0.489 e. The molecule has 0 unspecified atom stereocenters. The number of anilines is 1. The molecule has 0 fully saturated rings. The lowest BCUT2D eigenvalue weighted by Crippen LogP contribution is -2.00. The van der Waals surface area contributed by atoms with E-state index in [1.165, 1.54) is 11.1 Å². The van der Waals surface area contributed by atoms with Crippen LogP contribution in [-0.2, 0) is 6.61 Å². The number of rotatable bonds is 3. The molecule has 0 saturated heterocycles. The van der Waals surface area contributed by atoms with E-state index in [4.69, 9.17) is 10.5 Å². The number of hydrogen-bond acceptors (Lipinski definition) is 2. The number of benzene rings is 2. The van der Waals surface area contributed by atoms with Gasteiger partial charge in [0.15, 0.2) is 0 Å². The molecule has 2 aromatic carbocycles. The first-order chi connectivity index (χ1) is 8.15. The minimum atomic E-state index is 0.509. The summed E-state index contributed by atoms with van der Waals surface area (Å²) in [6.45, 7) is 4.59. The topological polar surface area (TPSA) is 35.2 Å². The van der Waals surface area contributed by atoms with E-state index in [2.05, 4.69) is 0 Å². The van der Waals surface area contributed by atoms with Crippen LogP contribution in [0.15, 0.2) is 42.5 Å². The van der Waals surface area contributed by atoms with Crippen LogP contribution < -0.4 is 10.5 Å². The number of nitrogens with two attached hydrogens (primary N) is 1. The van der Waals surface area contributed by atoms with Crippen LogP contribution in [0.1, 0.15) is 16.7 Å². The SMILES string of the molecule is Cc1cccc(OCc2ccc(C)cc2N)c1. The van der Waals surface area contributed by atoms with Crippen molar-refractivity contribution in [1.29, 1.82) is 0 Å². The molecule has 0 radical (unpaired) electrons. The second-order valence-electron chi connectivity index (χ2n) is 4.31. The molecule has 2 nitrogen and oxygen atoms in total. The van der Waals surface area contributed by atoms with Crippen LogP contribution in [0.5, 0.6) is 5.75 Å². The van der Waals surface area contributed by atoms with Gasteiger partial charge < -0.3 is 10.5 Å². The zero-order valence-electron chi connectivity index (χ0n) is 10.2. The fraction of sp³-hybridized carbons (Fsp3) is 0.200. The predicted molar refractivity (Wildman–Crippen MR) is 71.1 cm³/mol. The van der Waals surface area contributed by atoms with Crippen molar-refractivity contribution < 1.29 is 4.74 Å². The number of aryl methyl sites for hydroxylation is 2. The minimum absolute atomic E-state index is 0.509. The normalized spacial score (nSPS) is 10.2. The third-order valence-electron chi connectivity index (χ3n) is 2.69. The first-order valence-corrected chi connectivity index (χ1v) is 5.69. The van der Waals surface area contributed by atoms with Gasteiger partial charge in [0.2, 0.25) is 0 Å². The third kappa shape index (κ3) is 3.00. The lowest BCUT2D eigenvalue weighted by atomic mass is 10.1. The van der Waals surface area contributed by atoms with Gasteiger partial charge in [-0.3, -0.25) is 0 Å². The van der Waals surface area contributed by atoms with Gasteiger partial charge >= 0.3 is 0 Å². The van der Waals surface area contributed by atoms with Crippen LogP contribution in [0, 0.1) is 13.8 Å². The molecule has 2 heteroatoms. The monoisotopic (exact) mass is 227 g/mol. The van der Waals surface area contributed by atoms with Gasteiger partial charge in [-0.25, -0.2) is 0 Å². The molecular formula is C15H17NO. The van der Waals surface area contributed by atoms with Gasteiger partial charge in [-0.2, -0.15) is 0 Å². The van der Waals surface area contributed by atoms with E-state index >= 15 is 0 Å². The Hall–Kier alpha value is -1.96. The van der Waals surface area contributed by atoms with E-state index in [0.717, 1.165) is 17.0 Å². The van der Waals surface area contributed by atoms with E-state index in [-0.39, 0.29) is 0 Å². The van der Waals surface area contributed by atoms with Gasteiger partial charge in [0.25, 0.3) is 0 Å². The highest BCUT2D eigenvalue weighted by molar-refractivity contribution is 5.48. The molecule has 88 valence electrons. The molecule has 2 N–H and O–H groups in total. The zero-order chi connectivity index (χ0) is 12.3. The summed E-state index contributed by atoms with van der Waals surface area (Å²) < 4.78 is 5.71. The van der Waals surface area contributed by atoms with Crippen molar-refractivity contribution in [1.82, 2.24) is 0 Å². The summed E-state index contributed by atoms with van der Waals surface area (Å²) in [4.78, 5) is 0. The van der Waals surface area contributed by atoms with Gasteiger partial charge in [0.05, 0.1) is 0 Å². The van der Waals surface area contributed by atoms with Crippen molar-refractivity contribution in [3.05, 3.63) is 59.2 Å². The standard InChI is InChI=1S/C15H17NO/c1-11-4-3-5-14(8-11)17-10-13-7-6-12(2)9-15(13)16/h3-9H,10,16H2,1-2H3. The van der Waals surface area contributed by atoms with Crippen molar-refractivity contribution in [2.75, 3.05) is 5.73 Å². The first kappa shape index (κ1) is 11.5. The summed E-state index contributed by atoms with van der Waals surface area (Å²) in [6, 6.07) is 14.0. The summed E-state index contributed by atoms with van der Waals surface area (Å²) in [7, 11) is 0. The van der Waals surface area contributed by atoms with E-state index < -0.39 is 0 Å². The van der Waals surface area contributed by atoms with Crippen molar-refractivity contribution in [2.24, 2.45) is 0 Å². The molecule has 0 aliphatic heterocycles. The maximum absolute atomic E-state index is 5.94. The Morgan fingerprint density at radius 2 is 1.76 bits per heavy atom. The fourth-order valence-electron chi connectivity index (χ4n) is 1.71. The largest absolute Gasteiger partial charge is 0.489 e. The molecule has 0 aliphatic rings. The molecule has 2 rings (SSSR count). The van der Waals surface area contributed by atoms with E-state index in [1.807, 2.05) is 56.3 Å². The van der Waals surface area contributed by atoms with Crippen molar-refractivity contribution in [3.8, 4) is 5.75 Å². The Morgan fingerprint density at radius 3 is 2.47 bits per heavy atom. The summed E-state index contributed by atoms with van der Waals surface area (Å²) in [5, 5.41) is 0. The maximum atomic E-state index is 5.94. The Kier molecular flexibility index (Phi) is 3.33. The van der Waals surface area contributed by atoms with Crippen LogP contribution in [0.3, 0.4) is 0 Å². The highest BCUT2D eigenvalue weighted by Crippen LogP contribution is 2.18. The number of nitrogen functional groups attached to an aromatic ring is 1. The van der Waals surface area contributed by atoms with Crippen LogP contribution >= 0.6 is 0 Å². The molecular weight excluding hydrogens is 210 g/mol. The van der Waals surface area contributed by atoms with Gasteiger partial charge in [-0.1, -0.05) is 24.3 Å². The van der Waals surface area contributed by atoms with Crippen molar-refractivity contribution >= 4 is 5.69 Å². The average Bonchev–Trinajstić information content (AvgIpc) is 2.28. The summed E-state index contributed by atoms with van der Waals surface area (Å²) in [5.41, 5.74) is 10.1. The summed E-state index contributed by atoms with van der Waals surface area (Å²) in [5.74, 6) is 0.880. The summed E-state index contributed by atoms with van der Waals surface area (Å²) in [6.07, 6.45) is 0. The Bertz CT molecular complexity index is 520. The molecule has 0 spiro atoms. The van der Waals surface area contributed by atoms with Gasteiger partial charge in [-0.05, 0) is 43.2 Å². The van der Waals surface area contributed by atoms with E-state index in [0.29, 0.717) is 6.61 Å². The van der Waals surface area contributed by atoms with Gasteiger partial charge in [0.1, 0.15) is 12.4 Å². The highest BCUT2D eigenvalue weighted by Gasteiger charge is 2.00. The highest BCUT2D eigenvalue weighted by atomic mass is 16.5. The second kappa shape index (κ2) is 4.91. The lowest BCUT2D eigenvalue weighted by Gasteiger charge is -2.09. The van der Waals surface area contributed by atoms with E-state index in [1.54, 1.807) is 0 Å². The Morgan fingerprint density at radius 1 is 1.00 bits per heavy atom. The molecule has 0 bridgehead atoms. The molecule has 0 amide bonds. The van der Waals surface area contributed by atoms with Crippen LogP contribution in [0.2, 0.25) is 0 Å². The molecule has 2 aromatic rings. The molecule has 0 aromatic heterocycles. The smallest absolute Gasteiger partial charge is 0.120 e. The second-order valence-corrected chi connectivity index (χ2v) is 4.31. The van der Waals surface area contributed by atoms with Crippen molar-refractivity contribution in [2.45, 2.75) is 20.5 Å². The zero-order valence-corrected chi connectivity index (χ0v) is 10.2. The first-order valence-electron chi connectivity index (χ1n) is 5.69. The summed E-state index contributed by atoms with van der Waals surface area (Å²) >= 11 is 0. The number of hydrogen-bond donors (Lipinski definition) is 1. The Balaban J connectivity index is 2.07. The average molecular weight is 227 g/mol. The molecule has 17 heavy (non-hydrogen) atoms. The third-order valence-corrected chi connectivity index (χ3v) is 2.69. The maximum Gasteiger partial charge on any atom is 0.120 e. The molecule has 0 saturated carbocycles. The lowest BCUT2D eigenvalue weighted by molar-refractivity contribution is 0.306. The molecule has 0 aliphatic carbocycles. The van der Waals surface area contributed by atoms with Crippen LogP contribution in [0.25, 0.3) is 0 Å². The molecule has 0 heterocycles. The number of ether oxygens (including phenoxy) is 1. The van der Waals surface area contributed by atoms with Crippen LogP contribution in [-0.4, -0.2) is 0 Å². The van der Waals surface area contributed by atoms with Crippen molar-refractivity contribution in [3.63, 3.8) is 0 Å². The van der Waals surface area contributed by atoms with Gasteiger partial charge in [-0.15, -0.1) is 0 Å².